The van der Waals surface area contributed by atoms with Gasteiger partial charge in [-0.1, -0.05) is 185 Å². The van der Waals surface area contributed by atoms with Crippen LogP contribution in [0.2, 0.25) is 0 Å². The third kappa shape index (κ3) is 5.18. The number of fused-ring (bicyclic) bond motifs is 16. The summed E-state index contributed by atoms with van der Waals surface area (Å²) in [5.41, 5.74) is 15.7. The molecule has 2 fully saturated rings. The Morgan fingerprint density at radius 2 is 0.803 bits per heavy atom. The summed E-state index contributed by atoms with van der Waals surface area (Å²) in [5, 5.41) is 10.6. The molecule has 0 amide bonds. The Kier molecular flexibility index (Phi) is 8.48. The quantitative estimate of drug-likeness (QED) is 0.162. The van der Waals surface area contributed by atoms with E-state index in [-0.39, 0.29) is 21.9 Å². The zero-order valence-corrected chi connectivity index (χ0v) is 41.5. The van der Waals surface area contributed by atoms with Gasteiger partial charge in [-0.05, 0) is 176 Å². The zero-order valence-electron chi connectivity index (χ0n) is 41.5. The number of hydrogen-bond acceptors (Lipinski definition) is 2. The molecule has 0 spiro atoms. The molecule has 2 aliphatic heterocycles. The van der Waals surface area contributed by atoms with Gasteiger partial charge >= 0.3 is 0 Å². The normalized spacial score (nSPS) is 24.7. The molecule has 2 nitrogen and oxygen atoms in total. The summed E-state index contributed by atoms with van der Waals surface area (Å²) in [4.78, 5) is 5.59. The highest BCUT2D eigenvalue weighted by Crippen LogP contribution is 2.66. The number of nitrogens with zero attached hydrogens (tertiary/aromatic N) is 2. The molecule has 0 N–H and O–H groups in total. The number of rotatable bonds is 4. The Balaban J connectivity index is 1.02. The predicted molar refractivity (Wildman–Crippen MR) is 299 cm³/mol. The first kappa shape index (κ1) is 41.6. The van der Waals surface area contributed by atoms with Gasteiger partial charge in [0.05, 0.1) is 16.5 Å². The van der Waals surface area contributed by atoms with Crippen molar-refractivity contribution in [1.29, 1.82) is 0 Å². The topological polar surface area (TPSA) is 6.48 Å². The molecular weight excluding hydrogens is 857 g/mol. The lowest BCUT2D eigenvalue weighted by atomic mass is 9.61. The number of benzene rings is 10. The van der Waals surface area contributed by atoms with E-state index >= 15 is 0 Å². The third-order valence-corrected chi connectivity index (χ3v) is 19.9. The smallest absolute Gasteiger partial charge is 0.0720 e. The first-order valence-corrected chi connectivity index (χ1v) is 26.6. The van der Waals surface area contributed by atoms with Crippen LogP contribution in [0.15, 0.2) is 194 Å². The van der Waals surface area contributed by atoms with Crippen molar-refractivity contribution in [3.05, 3.63) is 228 Å². The Bertz CT molecular complexity index is 3830. The van der Waals surface area contributed by atoms with Crippen LogP contribution in [0.5, 0.6) is 0 Å². The summed E-state index contributed by atoms with van der Waals surface area (Å²) >= 11 is 0. The van der Waals surface area contributed by atoms with Crippen LogP contribution < -0.4 is 9.80 Å². The molecule has 0 saturated heterocycles. The SMILES string of the molecule is CC12CCCCC1(C)N(c1ccc3c(c1)C(c1ccccc1)(c1ccccc1)c1c-3c3ccccc3c3cc(N4c5cc6ccccc6cc5C5(C)CCCCC45C)ccc13)c1cc3ccccc3cc12. The van der Waals surface area contributed by atoms with E-state index in [0.29, 0.717) is 0 Å². The molecule has 5 aliphatic rings. The molecule has 3 aliphatic carbocycles. The Labute approximate surface area is 418 Å². The van der Waals surface area contributed by atoms with Crippen molar-refractivity contribution in [3.8, 4) is 11.1 Å². The lowest BCUT2D eigenvalue weighted by Crippen LogP contribution is -2.54. The zero-order chi connectivity index (χ0) is 47.5. The molecular formula is C69H60N2. The van der Waals surface area contributed by atoms with Crippen LogP contribution in [0.3, 0.4) is 0 Å². The van der Waals surface area contributed by atoms with Gasteiger partial charge in [-0.2, -0.15) is 0 Å². The van der Waals surface area contributed by atoms with Gasteiger partial charge in [-0.3, -0.25) is 0 Å². The molecule has 2 heteroatoms. The maximum absolute atomic E-state index is 2.80. The maximum atomic E-state index is 2.80. The fourth-order valence-corrected chi connectivity index (χ4v) is 16.1. The van der Waals surface area contributed by atoms with Crippen molar-refractivity contribution in [2.45, 2.75) is 106 Å². The minimum Gasteiger partial charge on any atom is -0.334 e. The predicted octanol–water partition coefficient (Wildman–Crippen LogP) is 18.1. The standard InChI is InChI=1S/C69H60N2/c1-65-35-17-19-37-67(65,3)70(61-41-47-23-13-11-21-45(47)39-59(61)65)51-31-33-55-57(43-51)53-29-15-16-30-54(53)63-56-34-32-52(44-58(56)69(64(55)63,49-25-7-5-8-26-49)50-27-9-6-10-28-50)71-62-42-48-24-14-12-22-46(48)40-60(62)66(2)36-18-20-38-68(66,71)4/h5-16,21-34,39-44H,17-20,35-38H2,1-4H3. The summed E-state index contributed by atoms with van der Waals surface area (Å²) in [5.74, 6) is 0. The van der Waals surface area contributed by atoms with Crippen molar-refractivity contribution in [1.82, 2.24) is 0 Å². The van der Waals surface area contributed by atoms with Crippen molar-refractivity contribution in [3.63, 3.8) is 0 Å². The average Bonchev–Trinajstić information content (AvgIpc) is 3.91. The van der Waals surface area contributed by atoms with Gasteiger partial charge in [0, 0.05) is 33.6 Å². The van der Waals surface area contributed by atoms with Crippen molar-refractivity contribution < 1.29 is 0 Å². The third-order valence-electron chi connectivity index (χ3n) is 19.9. The lowest BCUT2D eigenvalue weighted by molar-refractivity contribution is 0.195. The Hall–Kier alpha value is -7.16. The van der Waals surface area contributed by atoms with Gasteiger partial charge in [0.2, 0.25) is 0 Å². The van der Waals surface area contributed by atoms with Gasteiger partial charge in [-0.15, -0.1) is 0 Å². The van der Waals surface area contributed by atoms with Crippen LogP contribution in [0.1, 0.15) is 112 Å². The van der Waals surface area contributed by atoms with Gasteiger partial charge in [0.15, 0.2) is 0 Å². The van der Waals surface area contributed by atoms with Crippen LogP contribution in [-0.4, -0.2) is 11.1 Å². The Morgan fingerprint density at radius 3 is 1.35 bits per heavy atom. The summed E-state index contributed by atoms with van der Waals surface area (Å²) in [7, 11) is 0. The second kappa shape index (κ2) is 14.5. The summed E-state index contributed by atoms with van der Waals surface area (Å²) in [6.07, 6.45) is 9.72. The van der Waals surface area contributed by atoms with Gasteiger partial charge in [0.1, 0.15) is 0 Å². The van der Waals surface area contributed by atoms with E-state index in [4.69, 9.17) is 0 Å². The first-order valence-electron chi connectivity index (χ1n) is 26.6. The van der Waals surface area contributed by atoms with E-state index < -0.39 is 5.41 Å². The van der Waals surface area contributed by atoms with Crippen molar-refractivity contribution in [2.75, 3.05) is 9.80 Å². The average molecular weight is 917 g/mol. The molecule has 71 heavy (non-hydrogen) atoms. The molecule has 2 heterocycles. The molecule has 4 atom stereocenters. The fourth-order valence-electron chi connectivity index (χ4n) is 16.1. The van der Waals surface area contributed by atoms with E-state index in [1.54, 1.807) is 0 Å². The van der Waals surface area contributed by atoms with Crippen LogP contribution in [0, 0.1) is 0 Å². The van der Waals surface area contributed by atoms with E-state index in [0.717, 1.165) is 12.8 Å². The molecule has 10 aromatic rings. The highest BCUT2D eigenvalue weighted by molar-refractivity contribution is 6.20. The van der Waals surface area contributed by atoms with Crippen LogP contribution in [0.25, 0.3) is 54.2 Å². The van der Waals surface area contributed by atoms with Gasteiger partial charge in [-0.25, -0.2) is 0 Å². The van der Waals surface area contributed by atoms with Crippen molar-refractivity contribution in [2.24, 2.45) is 0 Å². The fraction of sp³-hybridized carbons (Fsp3) is 0.246. The first-order chi connectivity index (χ1) is 34.7. The van der Waals surface area contributed by atoms with Crippen LogP contribution >= 0.6 is 0 Å². The summed E-state index contributed by atoms with van der Waals surface area (Å²) in [6, 6.07) is 75.7. The molecule has 0 bridgehead atoms. The minimum atomic E-state index is -0.608. The van der Waals surface area contributed by atoms with Gasteiger partial charge < -0.3 is 9.80 Å². The Morgan fingerprint density at radius 1 is 0.352 bits per heavy atom. The molecule has 0 aromatic heterocycles. The minimum absolute atomic E-state index is 0.0156. The molecule has 4 unspecified atom stereocenters. The maximum Gasteiger partial charge on any atom is 0.0720 e. The second-order valence-electron chi connectivity index (χ2n) is 23.0. The largest absolute Gasteiger partial charge is 0.334 e. The molecule has 0 radical (unpaired) electrons. The molecule has 15 rings (SSSR count). The van der Waals surface area contributed by atoms with Crippen molar-refractivity contribution >= 4 is 65.8 Å². The lowest BCUT2D eigenvalue weighted by Gasteiger charge is -2.50. The van der Waals surface area contributed by atoms with Crippen LogP contribution in [-0.2, 0) is 16.2 Å². The van der Waals surface area contributed by atoms with E-state index in [9.17, 15) is 0 Å². The molecule has 10 aromatic carbocycles. The molecule has 346 valence electrons. The number of hydrogen-bond donors (Lipinski definition) is 0. The molecule has 2 saturated carbocycles. The second-order valence-corrected chi connectivity index (χ2v) is 23.0. The highest BCUT2D eigenvalue weighted by atomic mass is 15.3. The number of anilines is 4. The van der Waals surface area contributed by atoms with E-state index in [2.05, 4.69) is 232 Å². The van der Waals surface area contributed by atoms with E-state index in [1.165, 1.54) is 149 Å². The monoisotopic (exact) mass is 916 g/mol. The summed E-state index contributed by atoms with van der Waals surface area (Å²) in [6.45, 7) is 10.3. The highest BCUT2D eigenvalue weighted by Gasteiger charge is 2.60. The van der Waals surface area contributed by atoms with Gasteiger partial charge in [0.25, 0.3) is 0 Å². The van der Waals surface area contributed by atoms with E-state index in [1.807, 2.05) is 0 Å². The van der Waals surface area contributed by atoms with Crippen LogP contribution in [0.4, 0.5) is 22.7 Å². The summed E-state index contributed by atoms with van der Waals surface area (Å²) < 4.78 is 0.